The molecule has 0 N–H and O–H groups in total. The second-order valence-electron chi connectivity index (χ2n) is 5.13. The van der Waals surface area contributed by atoms with E-state index in [0.717, 1.165) is 10.8 Å². The summed E-state index contributed by atoms with van der Waals surface area (Å²) in [5.74, 6) is -0.482. The smallest absolute Gasteiger partial charge is 0.374 e. The van der Waals surface area contributed by atoms with E-state index in [2.05, 4.69) is 0 Å². The number of rotatable bonds is 3. The van der Waals surface area contributed by atoms with E-state index in [4.69, 9.17) is 13.6 Å². The van der Waals surface area contributed by atoms with Crippen LogP contribution < -0.4 is 0 Å². The molecule has 0 aliphatic rings. The number of hydrogen-bond acceptors (Lipinski definition) is 5. The van der Waals surface area contributed by atoms with Crippen molar-refractivity contribution in [3.8, 4) is 0 Å². The summed E-state index contributed by atoms with van der Waals surface area (Å²) in [6.45, 7) is 1.97. The Bertz CT molecular complexity index is 1070. The van der Waals surface area contributed by atoms with Crippen LogP contribution in [0.3, 0.4) is 0 Å². The van der Waals surface area contributed by atoms with Gasteiger partial charge in [-0.3, -0.25) is 4.79 Å². The molecule has 4 aromatic rings. The van der Waals surface area contributed by atoms with Crippen molar-refractivity contribution >= 4 is 45.2 Å². The molecule has 0 bridgehead atoms. The lowest BCUT2D eigenvalue weighted by Crippen LogP contribution is -2.02. The molecule has 0 fully saturated rings. The molecule has 0 aliphatic carbocycles. The van der Waals surface area contributed by atoms with Crippen LogP contribution in [-0.2, 0) is 4.74 Å². The molecule has 0 radical (unpaired) electrons. The highest BCUT2D eigenvalue weighted by Gasteiger charge is 2.20. The molecule has 0 saturated heterocycles. The quantitative estimate of drug-likeness (QED) is 0.416. The second kappa shape index (κ2) is 4.98. The highest BCUT2D eigenvalue weighted by Crippen LogP contribution is 2.37. The maximum atomic E-state index is 11.9. The van der Waals surface area contributed by atoms with Gasteiger partial charge in [-0.25, -0.2) is 4.79 Å². The topological polar surface area (TPSA) is 69.7 Å². The molecule has 114 valence electrons. The molecule has 4 rings (SSSR count). The van der Waals surface area contributed by atoms with Gasteiger partial charge in [0.2, 0.25) is 5.76 Å². The summed E-state index contributed by atoms with van der Waals surface area (Å²) in [6.07, 6.45) is 0.688. The van der Waals surface area contributed by atoms with Crippen molar-refractivity contribution in [3.05, 3.63) is 47.7 Å². The number of para-hydroxylation sites is 1. The first kappa shape index (κ1) is 13.6. The first-order valence-electron chi connectivity index (χ1n) is 7.23. The Kier molecular flexibility index (Phi) is 2.94. The molecular weight excluding hydrogens is 296 g/mol. The van der Waals surface area contributed by atoms with Crippen molar-refractivity contribution in [3.63, 3.8) is 0 Å². The van der Waals surface area contributed by atoms with E-state index >= 15 is 0 Å². The van der Waals surface area contributed by atoms with Crippen LogP contribution in [0.1, 0.15) is 27.8 Å². The van der Waals surface area contributed by atoms with E-state index in [1.807, 2.05) is 24.3 Å². The average molecular weight is 308 g/mol. The molecule has 2 aromatic heterocycles. The molecule has 0 spiro atoms. The molecule has 5 heteroatoms. The van der Waals surface area contributed by atoms with Crippen molar-refractivity contribution in [1.29, 1.82) is 0 Å². The van der Waals surface area contributed by atoms with Gasteiger partial charge in [-0.15, -0.1) is 0 Å². The van der Waals surface area contributed by atoms with Gasteiger partial charge in [0.25, 0.3) is 0 Å². The van der Waals surface area contributed by atoms with E-state index in [9.17, 15) is 9.59 Å². The van der Waals surface area contributed by atoms with Crippen molar-refractivity contribution in [2.45, 2.75) is 6.92 Å². The number of esters is 1. The van der Waals surface area contributed by atoms with E-state index in [1.165, 1.54) is 0 Å². The highest BCUT2D eigenvalue weighted by atomic mass is 16.5. The van der Waals surface area contributed by atoms with Gasteiger partial charge in [0.05, 0.1) is 12.2 Å². The first-order valence-corrected chi connectivity index (χ1v) is 7.23. The molecule has 0 atom stereocenters. The standard InChI is InChI=1S/C18H12O5/c1-2-21-18(20)15-8-12-16-11-5-3-4-6-13(11)22-14(16)7-10(9-19)17(12)23-15/h3-9H,2H2,1H3. The fourth-order valence-electron chi connectivity index (χ4n) is 2.83. The minimum absolute atomic E-state index is 0.0720. The Hall–Kier alpha value is -3.08. The fourth-order valence-corrected chi connectivity index (χ4v) is 2.83. The number of aldehydes is 1. The minimum atomic E-state index is -0.554. The van der Waals surface area contributed by atoms with Gasteiger partial charge >= 0.3 is 5.97 Å². The van der Waals surface area contributed by atoms with Crippen LogP contribution in [0.25, 0.3) is 32.9 Å². The predicted molar refractivity (Wildman–Crippen MR) is 84.8 cm³/mol. The van der Waals surface area contributed by atoms with Crippen molar-refractivity contribution in [2.24, 2.45) is 0 Å². The minimum Gasteiger partial charge on any atom is -0.460 e. The Morgan fingerprint density at radius 2 is 1.96 bits per heavy atom. The van der Waals surface area contributed by atoms with Crippen molar-refractivity contribution in [1.82, 2.24) is 0 Å². The Morgan fingerprint density at radius 1 is 1.13 bits per heavy atom. The second-order valence-corrected chi connectivity index (χ2v) is 5.13. The fraction of sp³-hybridized carbons (Fsp3) is 0.111. The zero-order valence-electron chi connectivity index (χ0n) is 12.3. The predicted octanol–water partition coefficient (Wildman–Crippen LogP) is 4.32. The van der Waals surface area contributed by atoms with Crippen LogP contribution in [0, 0.1) is 0 Å². The Balaban J connectivity index is 2.13. The van der Waals surface area contributed by atoms with E-state index in [-0.39, 0.29) is 12.4 Å². The highest BCUT2D eigenvalue weighted by molar-refractivity contribution is 6.21. The van der Waals surface area contributed by atoms with Gasteiger partial charge in [0.15, 0.2) is 6.29 Å². The molecule has 2 heterocycles. The molecule has 0 saturated carbocycles. The lowest BCUT2D eigenvalue weighted by Gasteiger charge is -1.96. The van der Waals surface area contributed by atoms with Gasteiger partial charge in [-0.05, 0) is 19.1 Å². The SMILES string of the molecule is CCOC(=O)c1cc2c(o1)c(C=O)cc1oc3ccccc3c12. The van der Waals surface area contributed by atoms with Crippen LogP contribution in [0.5, 0.6) is 0 Å². The number of furan rings is 2. The van der Waals surface area contributed by atoms with Crippen LogP contribution in [0.15, 0.2) is 45.2 Å². The lowest BCUT2D eigenvalue weighted by molar-refractivity contribution is 0.0492. The van der Waals surface area contributed by atoms with Gasteiger partial charge < -0.3 is 13.6 Å². The van der Waals surface area contributed by atoms with Gasteiger partial charge in [0, 0.05) is 22.2 Å². The summed E-state index contributed by atoms with van der Waals surface area (Å²) in [6, 6.07) is 10.8. The maximum Gasteiger partial charge on any atom is 0.374 e. The Morgan fingerprint density at radius 3 is 2.74 bits per heavy atom. The molecule has 0 unspecified atom stereocenters. The molecule has 2 aromatic carbocycles. The summed E-state index contributed by atoms with van der Waals surface area (Å²) in [5.41, 5.74) is 1.99. The number of ether oxygens (including phenoxy) is 1. The van der Waals surface area contributed by atoms with E-state index < -0.39 is 5.97 Å². The number of carbonyl (C=O) groups excluding carboxylic acids is 2. The molecule has 5 nitrogen and oxygen atoms in total. The van der Waals surface area contributed by atoms with Crippen molar-refractivity contribution in [2.75, 3.05) is 6.61 Å². The maximum absolute atomic E-state index is 11.9. The third kappa shape index (κ3) is 1.93. The third-order valence-corrected chi connectivity index (χ3v) is 3.78. The van der Waals surface area contributed by atoms with Gasteiger partial charge in [-0.1, -0.05) is 18.2 Å². The van der Waals surface area contributed by atoms with E-state index in [1.54, 1.807) is 19.1 Å². The average Bonchev–Trinajstić information content (AvgIpc) is 3.15. The third-order valence-electron chi connectivity index (χ3n) is 3.78. The van der Waals surface area contributed by atoms with E-state index in [0.29, 0.717) is 34.0 Å². The first-order chi connectivity index (χ1) is 11.2. The number of carbonyl (C=O) groups is 2. The van der Waals surface area contributed by atoms with Crippen LogP contribution >= 0.6 is 0 Å². The zero-order valence-corrected chi connectivity index (χ0v) is 12.3. The van der Waals surface area contributed by atoms with Gasteiger partial charge in [0.1, 0.15) is 16.7 Å². The number of benzene rings is 2. The monoisotopic (exact) mass is 308 g/mol. The normalized spacial score (nSPS) is 11.3. The molecule has 0 aliphatic heterocycles. The number of fused-ring (bicyclic) bond motifs is 5. The number of hydrogen-bond donors (Lipinski definition) is 0. The van der Waals surface area contributed by atoms with Crippen LogP contribution in [0.2, 0.25) is 0 Å². The largest absolute Gasteiger partial charge is 0.460 e. The summed E-state index contributed by atoms with van der Waals surface area (Å²) in [5, 5.41) is 2.39. The zero-order chi connectivity index (χ0) is 16.0. The van der Waals surface area contributed by atoms with Gasteiger partial charge in [-0.2, -0.15) is 0 Å². The lowest BCUT2D eigenvalue weighted by atomic mass is 10.1. The van der Waals surface area contributed by atoms with Crippen LogP contribution in [-0.4, -0.2) is 18.9 Å². The Labute approximate surface area is 130 Å². The summed E-state index contributed by atoms with van der Waals surface area (Å²) in [4.78, 5) is 23.3. The molecule has 0 amide bonds. The molecule has 23 heavy (non-hydrogen) atoms. The molecular formula is C18H12O5. The van der Waals surface area contributed by atoms with Crippen LogP contribution in [0.4, 0.5) is 0 Å². The summed E-state index contributed by atoms with van der Waals surface area (Å²) >= 11 is 0. The van der Waals surface area contributed by atoms with Crippen molar-refractivity contribution < 1.29 is 23.2 Å². The summed E-state index contributed by atoms with van der Waals surface area (Å²) < 4.78 is 16.4. The summed E-state index contributed by atoms with van der Waals surface area (Å²) in [7, 11) is 0.